The Hall–Kier alpha value is -3.17. The number of aliphatic hydroxyl groups is 3. The number of esters is 2. The highest BCUT2D eigenvalue weighted by molar-refractivity contribution is 7.85. The van der Waals surface area contributed by atoms with E-state index in [4.69, 9.17) is 18.9 Å². The molecule has 6 atom stereocenters. The van der Waals surface area contributed by atoms with E-state index in [1.54, 1.807) is 0 Å². The molecule has 1 saturated heterocycles. The highest BCUT2D eigenvalue weighted by Gasteiger charge is 2.46. The van der Waals surface area contributed by atoms with Gasteiger partial charge in [-0.2, -0.15) is 8.42 Å². The monoisotopic (exact) mass is 1000 g/mol. The first-order valence-corrected chi connectivity index (χ1v) is 28.8. The number of hydrogen-bond acceptors (Lipinski definition) is 11. The molecule has 0 saturated carbocycles. The molecule has 1 aliphatic rings. The van der Waals surface area contributed by atoms with Gasteiger partial charge < -0.3 is 34.3 Å². The Morgan fingerprint density at radius 2 is 0.900 bits per heavy atom. The number of hydrogen-bond donors (Lipinski definition) is 4. The first-order valence-electron chi connectivity index (χ1n) is 27.1. The summed E-state index contributed by atoms with van der Waals surface area (Å²) in [5.41, 5.74) is 0. The highest BCUT2D eigenvalue weighted by Crippen LogP contribution is 2.24. The zero-order valence-corrected chi connectivity index (χ0v) is 44.2. The minimum Gasteiger partial charge on any atom is -0.462 e. The maximum absolute atomic E-state index is 12.9. The third kappa shape index (κ3) is 39.4. The average Bonchev–Trinajstić information content (AvgIpc) is 3.33. The summed E-state index contributed by atoms with van der Waals surface area (Å²) in [6, 6.07) is 0. The van der Waals surface area contributed by atoms with Crippen LogP contribution >= 0.6 is 0 Å². The van der Waals surface area contributed by atoms with Crippen molar-refractivity contribution < 1.29 is 56.8 Å². The third-order valence-corrected chi connectivity index (χ3v) is 12.7. The fourth-order valence-electron chi connectivity index (χ4n) is 7.79. The number of aliphatic hydroxyl groups excluding tert-OH is 3. The van der Waals surface area contributed by atoms with Crippen LogP contribution in [0.4, 0.5) is 0 Å². The lowest BCUT2D eigenvalue weighted by Crippen LogP contribution is -2.60. The maximum atomic E-state index is 12.9. The summed E-state index contributed by atoms with van der Waals surface area (Å²) in [5, 5.41) is 31.0. The van der Waals surface area contributed by atoms with Gasteiger partial charge in [0.1, 0.15) is 36.8 Å². The molecule has 0 amide bonds. The van der Waals surface area contributed by atoms with Gasteiger partial charge in [0.15, 0.2) is 12.4 Å². The lowest BCUT2D eigenvalue weighted by Gasteiger charge is -2.40. The van der Waals surface area contributed by atoms with Crippen molar-refractivity contribution in [2.75, 3.05) is 19.0 Å². The van der Waals surface area contributed by atoms with Crippen LogP contribution in [-0.4, -0.2) is 96.0 Å². The van der Waals surface area contributed by atoms with E-state index in [2.05, 4.69) is 98.9 Å². The summed E-state index contributed by atoms with van der Waals surface area (Å²) in [7, 11) is -4.61. The third-order valence-electron chi connectivity index (χ3n) is 12.0. The Balaban J connectivity index is 2.36. The molecular weight excluding hydrogens is 909 g/mol. The van der Waals surface area contributed by atoms with Crippen LogP contribution in [0.2, 0.25) is 0 Å². The van der Waals surface area contributed by atoms with Crippen molar-refractivity contribution in [3.63, 3.8) is 0 Å². The fraction of sp³-hybridized carbons (Fsp3) is 0.719. The normalized spacial score (nSPS) is 19.7. The van der Waals surface area contributed by atoms with E-state index in [-0.39, 0.29) is 19.4 Å². The molecule has 0 aliphatic carbocycles. The van der Waals surface area contributed by atoms with E-state index in [0.29, 0.717) is 12.8 Å². The van der Waals surface area contributed by atoms with E-state index in [1.165, 1.54) is 57.8 Å². The van der Waals surface area contributed by atoms with E-state index in [0.717, 1.165) is 109 Å². The molecule has 0 spiro atoms. The van der Waals surface area contributed by atoms with Crippen LogP contribution in [0.25, 0.3) is 0 Å². The Morgan fingerprint density at radius 1 is 0.500 bits per heavy atom. The smallest absolute Gasteiger partial charge is 0.306 e. The van der Waals surface area contributed by atoms with Crippen LogP contribution in [-0.2, 0) is 38.7 Å². The molecule has 4 N–H and O–H groups in total. The van der Waals surface area contributed by atoms with E-state index >= 15 is 0 Å². The van der Waals surface area contributed by atoms with Gasteiger partial charge in [0.25, 0.3) is 10.1 Å². The Morgan fingerprint density at radius 3 is 1.34 bits per heavy atom. The van der Waals surface area contributed by atoms with Gasteiger partial charge in [-0.3, -0.25) is 14.1 Å². The van der Waals surface area contributed by atoms with Crippen LogP contribution in [0.5, 0.6) is 0 Å². The SMILES string of the molecule is CC/C=C\C/C=C\C/C=C\C/C=C\CCCCCCCCCCCCC(=O)OC(COC(=O)CCCCCCCC/C=C\C/C=C\C/C=C\CCCCC)COC1OC(CS(=O)(=O)O)C(O)C(O)C1O. The second-order valence-electron chi connectivity index (χ2n) is 18.5. The summed E-state index contributed by atoms with van der Waals surface area (Å²) in [4.78, 5) is 25.6. The number of allylic oxidation sites excluding steroid dienone is 14. The molecule has 1 fully saturated rings. The molecular formula is C57H96O12S. The molecule has 0 bridgehead atoms. The van der Waals surface area contributed by atoms with E-state index in [1.807, 2.05) is 0 Å². The van der Waals surface area contributed by atoms with E-state index < -0.39 is 71.2 Å². The lowest BCUT2D eigenvalue weighted by molar-refractivity contribution is -0.297. The summed E-state index contributed by atoms with van der Waals surface area (Å²) in [6.07, 6.45) is 51.8. The molecule has 13 heteroatoms. The zero-order valence-electron chi connectivity index (χ0n) is 43.3. The lowest BCUT2D eigenvalue weighted by atomic mass is 10.00. The molecule has 1 heterocycles. The first kappa shape index (κ1) is 64.8. The van der Waals surface area contributed by atoms with Crippen LogP contribution in [0.15, 0.2) is 85.1 Å². The minimum atomic E-state index is -4.61. The van der Waals surface area contributed by atoms with Crippen molar-refractivity contribution in [3.05, 3.63) is 85.1 Å². The molecule has 402 valence electrons. The molecule has 6 unspecified atom stereocenters. The second kappa shape index (κ2) is 45.7. The first-order chi connectivity index (χ1) is 34.0. The van der Waals surface area contributed by atoms with Crippen LogP contribution in [0.3, 0.4) is 0 Å². The van der Waals surface area contributed by atoms with E-state index in [9.17, 15) is 37.9 Å². The van der Waals surface area contributed by atoms with Gasteiger partial charge in [0.2, 0.25) is 0 Å². The van der Waals surface area contributed by atoms with Gasteiger partial charge in [-0.15, -0.1) is 0 Å². The van der Waals surface area contributed by atoms with Crippen molar-refractivity contribution in [3.8, 4) is 0 Å². The Bertz CT molecular complexity index is 1600. The molecule has 1 rings (SSSR count). The number of carbonyl (C=O) groups excluding carboxylic acids is 2. The average molecular weight is 1010 g/mol. The molecule has 70 heavy (non-hydrogen) atoms. The van der Waals surface area contributed by atoms with Crippen molar-refractivity contribution in [2.45, 2.75) is 243 Å². The zero-order chi connectivity index (χ0) is 51.2. The molecule has 0 aromatic heterocycles. The van der Waals surface area contributed by atoms with Gasteiger partial charge in [-0.25, -0.2) is 0 Å². The number of ether oxygens (including phenoxy) is 4. The largest absolute Gasteiger partial charge is 0.462 e. The van der Waals surface area contributed by atoms with Crippen LogP contribution in [0.1, 0.15) is 206 Å². The molecule has 12 nitrogen and oxygen atoms in total. The predicted molar refractivity (Wildman–Crippen MR) is 284 cm³/mol. The highest BCUT2D eigenvalue weighted by atomic mass is 32.2. The molecule has 0 radical (unpaired) electrons. The number of unbranched alkanes of at least 4 members (excludes halogenated alkanes) is 19. The molecule has 0 aromatic carbocycles. The maximum Gasteiger partial charge on any atom is 0.306 e. The summed E-state index contributed by atoms with van der Waals surface area (Å²) in [5.74, 6) is -2.01. The molecule has 1 aliphatic heterocycles. The number of rotatable bonds is 45. The quantitative estimate of drug-likeness (QED) is 0.0196. The molecule has 0 aromatic rings. The van der Waals surface area contributed by atoms with Crippen molar-refractivity contribution >= 4 is 22.1 Å². The fourth-order valence-corrected chi connectivity index (χ4v) is 8.48. The van der Waals surface area contributed by atoms with Crippen molar-refractivity contribution in [1.82, 2.24) is 0 Å². The van der Waals surface area contributed by atoms with Gasteiger partial charge >= 0.3 is 11.9 Å². The van der Waals surface area contributed by atoms with Crippen molar-refractivity contribution in [2.24, 2.45) is 0 Å². The topological polar surface area (TPSA) is 186 Å². The predicted octanol–water partition coefficient (Wildman–Crippen LogP) is 12.8. The van der Waals surface area contributed by atoms with Gasteiger partial charge in [-0.1, -0.05) is 189 Å². The summed E-state index contributed by atoms with van der Waals surface area (Å²) < 4.78 is 54.3. The van der Waals surface area contributed by atoms with Crippen LogP contribution in [0, 0.1) is 0 Å². The van der Waals surface area contributed by atoms with Gasteiger partial charge in [0, 0.05) is 12.8 Å². The number of carbonyl (C=O) groups is 2. The standard InChI is InChI=1S/C57H96O12S/c1-3-5-7-9-11-13-15-17-19-21-23-24-25-26-28-30-32-34-36-38-40-42-44-46-53(59)68-50(48-67-57-56(62)55(61)54(60)51(69-57)49-70(63,64)65)47-66-52(58)45-43-41-39-37-35-33-31-29-27-22-20-18-16-14-12-10-8-6-4-2/h5,7,11-14,17-20,23-24,27,29,50-51,54-57,60-62H,3-4,6,8-10,15-16,21-22,25-26,28,30-49H2,1-2H3,(H,63,64,65)/b7-5-,13-11-,14-12-,19-17-,20-18-,24-23-,29-27-. The van der Waals surface area contributed by atoms with Crippen LogP contribution < -0.4 is 0 Å². The Labute approximate surface area is 424 Å². The minimum absolute atomic E-state index is 0.151. The second-order valence-corrected chi connectivity index (χ2v) is 20.0. The Kier molecular flexibility index (Phi) is 42.3. The summed E-state index contributed by atoms with van der Waals surface area (Å²) in [6.45, 7) is 3.63. The van der Waals surface area contributed by atoms with Crippen molar-refractivity contribution in [1.29, 1.82) is 0 Å². The summed E-state index contributed by atoms with van der Waals surface area (Å²) >= 11 is 0. The van der Waals surface area contributed by atoms with Gasteiger partial charge in [-0.05, 0) is 89.9 Å². The van der Waals surface area contributed by atoms with Gasteiger partial charge in [0.05, 0.1) is 6.61 Å².